The van der Waals surface area contributed by atoms with Crippen LogP contribution in [0.25, 0.3) is 0 Å². The normalized spacial score (nSPS) is 30.1. The van der Waals surface area contributed by atoms with Crippen LogP contribution in [-0.2, 0) is 9.59 Å². The van der Waals surface area contributed by atoms with E-state index in [1.165, 1.54) is 4.90 Å². The Morgan fingerprint density at radius 1 is 1.12 bits per heavy atom. The number of nitrogens with zero attached hydrogens (tertiary/aromatic N) is 1. The molecule has 0 atom stereocenters. The summed E-state index contributed by atoms with van der Waals surface area (Å²) in [5.74, 6) is -0.676. The number of hydrogen-bond acceptors (Lipinski definition) is 3. The zero-order chi connectivity index (χ0) is 11.6. The molecular formula is C11H14N2O3. The minimum Gasteiger partial charge on any atom is -0.277 e. The smallest absolute Gasteiger partial charge is 0.277 e. The Balaban J connectivity index is 1.96. The fraction of sp³-hybridized carbons (Fsp3) is 0.727. The lowest BCUT2D eigenvalue weighted by atomic mass is 9.76. The summed E-state index contributed by atoms with van der Waals surface area (Å²) in [4.78, 5) is 36.9. The molecule has 86 valence electrons. The number of imide groups is 2. The van der Waals surface area contributed by atoms with Gasteiger partial charge in [-0.2, -0.15) is 0 Å². The average Bonchev–Trinajstić information content (AvgIpc) is 2.93. The van der Waals surface area contributed by atoms with Crippen LogP contribution in [0.1, 0.15) is 39.0 Å². The van der Waals surface area contributed by atoms with Crippen molar-refractivity contribution >= 4 is 17.8 Å². The van der Waals surface area contributed by atoms with Crippen LogP contribution >= 0.6 is 0 Å². The van der Waals surface area contributed by atoms with Gasteiger partial charge in [0, 0.05) is 5.54 Å². The molecule has 2 saturated carbocycles. The Kier molecular flexibility index (Phi) is 1.62. The van der Waals surface area contributed by atoms with Gasteiger partial charge in [0.1, 0.15) is 5.41 Å². The molecular weight excluding hydrogens is 208 g/mol. The van der Waals surface area contributed by atoms with E-state index in [0.29, 0.717) is 12.8 Å². The molecule has 4 amide bonds. The maximum atomic E-state index is 12.2. The second-order valence-electron chi connectivity index (χ2n) is 5.33. The number of nitrogens with one attached hydrogen (secondary N) is 1. The molecule has 0 aromatic heterocycles. The van der Waals surface area contributed by atoms with E-state index in [1.807, 2.05) is 6.92 Å². The molecule has 3 aliphatic rings. The monoisotopic (exact) mass is 222 g/mol. The van der Waals surface area contributed by atoms with Gasteiger partial charge >= 0.3 is 6.03 Å². The lowest BCUT2D eigenvalue weighted by Crippen LogP contribution is -2.67. The summed E-state index contributed by atoms with van der Waals surface area (Å²) >= 11 is 0. The number of carbonyl (C=O) groups is 3. The minimum atomic E-state index is -0.896. The summed E-state index contributed by atoms with van der Waals surface area (Å²) in [6.07, 6.45) is 3.89. The van der Waals surface area contributed by atoms with Crippen LogP contribution in [0, 0.1) is 5.41 Å². The van der Waals surface area contributed by atoms with E-state index in [-0.39, 0.29) is 11.4 Å². The first-order valence-electron chi connectivity index (χ1n) is 5.70. The van der Waals surface area contributed by atoms with Gasteiger partial charge in [0.25, 0.3) is 0 Å². The first-order chi connectivity index (χ1) is 7.50. The molecule has 0 bridgehead atoms. The van der Waals surface area contributed by atoms with Crippen molar-refractivity contribution in [2.45, 2.75) is 44.6 Å². The Labute approximate surface area is 93.2 Å². The molecule has 3 rings (SSSR count). The molecule has 16 heavy (non-hydrogen) atoms. The van der Waals surface area contributed by atoms with Crippen molar-refractivity contribution in [2.75, 3.05) is 0 Å². The van der Waals surface area contributed by atoms with Gasteiger partial charge in [-0.1, -0.05) is 0 Å². The van der Waals surface area contributed by atoms with Crippen molar-refractivity contribution in [1.29, 1.82) is 0 Å². The summed E-state index contributed by atoms with van der Waals surface area (Å²) in [5, 5.41) is 2.31. The molecule has 3 fully saturated rings. The number of barbiturate groups is 1. The highest BCUT2D eigenvalue weighted by Crippen LogP contribution is 2.52. The van der Waals surface area contributed by atoms with Crippen LogP contribution in [0.2, 0.25) is 0 Å². The van der Waals surface area contributed by atoms with Crippen LogP contribution in [0.4, 0.5) is 4.79 Å². The van der Waals surface area contributed by atoms with Crippen molar-refractivity contribution < 1.29 is 14.4 Å². The van der Waals surface area contributed by atoms with Crippen LogP contribution < -0.4 is 5.32 Å². The number of urea groups is 1. The van der Waals surface area contributed by atoms with E-state index < -0.39 is 17.4 Å². The van der Waals surface area contributed by atoms with Gasteiger partial charge in [-0.05, 0) is 39.0 Å². The van der Waals surface area contributed by atoms with Gasteiger partial charge in [-0.15, -0.1) is 0 Å². The van der Waals surface area contributed by atoms with E-state index in [4.69, 9.17) is 0 Å². The number of hydrogen-bond donors (Lipinski definition) is 1. The van der Waals surface area contributed by atoms with Gasteiger partial charge in [0.2, 0.25) is 11.8 Å². The first-order valence-corrected chi connectivity index (χ1v) is 5.70. The largest absolute Gasteiger partial charge is 0.331 e. The van der Waals surface area contributed by atoms with E-state index in [9.17, 15) is 14.4 Å². The first kappa shape index (κ1) is 9.81. The van der Waals surface area contributed by atoms with E-state index in [2.05, 4.69) is 5.32 Å². The fourth-order valence-corrected chi connectivity index (χ4v) is 2.64. The quantitative estimate of drug-likeness (QED) is 0.667. The maximum Gasteiger partial charge on any atom is 0.331 e. The van der Waals surface area contributed by atoms with Crippen molar-refractivity contribution in [3.63, 3.8) is 0 Å². The van der Waals surface area contributed by atoms with E-state index >= 15 is 0 Å². The third-order valence-corrected chi connectivity index (χ3v) is 4.19. The van der Waals surface area contributed by atoms with E-state index in [1.54, 1.807) is 0 Å². The number of carbonyl (C=O) groups excluding carboxylic acids is 3. The lowest BCUT2D eigenvalue weighted by Gasteiger charge is -2.48. The standard InChI is InChI=1S/C11H14N2O3/c1-10(3-2-4-10)13-8(15)11(5-6-11)7(14)12-9(13)16/h2-6H2,1H3,(H,12,14,16). The van der Waals surface area contributed by atoms with Gasteiger partial charge < -0.3 is 0 Å². The van der Waals surface area contributed by atoms with E-state index in [0.717, 1.165) is 19.3 Å². The molecule has 1 heterocycles. The number of amides is 4. The third kappa shape index (κ3) is 0.982. The molecule has 1 N–H and O–H groups in total. The summed E-state index contributed by atoms with van der Waals surface area (Å²) < 4.78 is 0. The summed E-state index contributed by atoms with van der Waals surface area (Å²) in [6, 6.07) is -0.533. The SMILES string of the molecule is CC1(N2C(=O)NC(=O)C3(CC3)C2=O)CCC1. The zero-order valence-corrected chi connectivity index (χ0v) is 9.21. The second-order valence-corrected chi connectivity index (χ2v) is 5.33. The molecule has 2 aliphatic carbocycles. The highest BCUT2D eigenvalue weighted by atomic mass is 16.2. The van der Waals surface area contributed by atoms with Crippen molar-refractivity contribution in [1.82, 2.24) is 10.2 Å². The van der Waals surface area contributed by atoms with Gasteiger partial charge in [-0.25, -0.2) is 4.79 Å². The maximum absolute atomic E-state index is 12.2. The fourth-order valence-electron chi connectivity index (χ4n) is 2.64. The van der Waals surface area contributed by atoms with Crippen LogP contribution in [-0.4, -0.2) is 28.3 Å². The molecule has 1 aliphatic heterocycles. The molecule has 0 radical (unpaired) electrons. The predicted octanol–water partition coefficient (Wildman–Crippen LogP) is 0.788. The third-order valence-electron chi connectivity index (χ3n) is 4.19. The highest BCUT2D eigenvalue weighted by Gasteiger charge is 2.65. The summed E-state index contributed by atoms with van der Waals surface area (Å²) in [7, 11) is 0. The van der Waals surface area contributed by atoms with Crippen molar-refractivity contribution in [2.24, 2.45) is 5.41 Å². The molecule has 0 unspecified atom stereocenters. The average molecular weight is 222 g/mol. The Morgan fingerprint density at radius 2 is 1.75 bits per heavy atom. The van der Waals surface area contributed by atoms with Crippen LogP contribution in [0.15, 0.2) is 0 Å². The highest BCUT2D eigenvalue weighted by molar-refractivity contribution is 6.21. The molecule has 0 aromatic carbocycles. The van der Waals surface area contributed by atoms with Crippen LogP contribution in [0.3, 0.4) is 0 Å². The minimum absolute atomic E-state index is 0.275. The Hall–Kier alpha value is -1.39. The molecule has 5 heteroatoms. The van der Waals surface area contributed by atoms with Gasteiger partial charge in [0.15, 0.2) is 0 Å². The Bertz CT molecular complexity index is 407. The summed E-state index contributed by atoms with van der Waals surface area (Å²) in [6.45, 7) is 1.92. The molecule has 1 spiro atoms. The number of rotatable bonds is 1. The molecule has 1 saturated heterocycles. The van der Waals surface area contributed by atoms with Crippen molar-refractivity contribution in [3.05, 3.63) is 0 Å². The predicted molar refractivity (Wildman–Crippen MR) is 54.3 cm³/mol. The second kappa shape index (κ2) is 2.64. The topological polar surface area (TPSA) is 66.5 Å². The van der Waals surface area contributed by atoms with Gasteiger partial charge in [0.05, 0.1) is 0 Å². The Morgan fingerprint density at radius 3 is 2.19 bits per heavy atom. The molecule has 5 nitrogen and oxygen atoms in total. The lowest BCUT2D eigenvalue weighted by molar-refractivity contribution is -0.150. The van der Waals surface area contributed by atoms with Crippen molar-refractivity contribution in [3.8, 4) is 0 Å². The summed E-state index contributed by atoms with van der Waals surface area (Å²) in [5.41, 5.74) is -1.26. The van der Waals surface area contributed by atoms with Crippen LogP contribution in [0.5, 0.6) is 0 Å². The molecule has 0 aromatic rings. The van der Waals surface area contributed by atoms with Gasteiger partial charge in [-0.3, -0.25) is 19.8 Å². The zero-order valence-electron chi connectivity index (χ0n) is 9.21.